The van der Waals surface area contributed by atoms with Crippen molar-refractivity contribution in [2.24, 2.45) is 0 Å². The van der Waals surface area contributed by atoms with Crippen LogP contribution in [-0.2, 0) is 0 Å². The summed E-state index contributed by atoms with van der Waals surface area (Å²) >= 11 is 0. The average Bonchev–Trinajstić information content (AvgIpc) is 3.50. The highest BCUT2D eigenvalue weighted by Gasteiger charge is 2.27. The zero-order valence-corrected chi connectivity index (χ0v) is 15.9. The van der Waals surface area contributed by atoms with Crippen molar-refractivity contribution in [3.8, 4) is 22.5 Å². The van der Waals surface area contributed by atoms with E-state index in [1.165, 1.54) is 12.3 Å². The molecule has 5 rings (SSSR count). The molecular formula is C22H17FN6O. The maximum atomic E-state index is 13.5. The first kappa shape index (κ1) is 18.1. The standard InChI is InChI=1S/C22H17FN6O/c23-17-8-16(11-24-12-17)14-6-7-25-20(10-14)22(30)28-18-3-1-2-15(9-18)21-26-13-27-29(21)19-4-5-19/h1-3,6-13,19H,4-5H2,(H,28,30). The highest BCUT2D eigenvalue weighted by molar-refractivity contribution is 6.03. The van der Waals surface area contributed by atoms with Crippen molar-refractivity contribution in [1.82, 2.24) is 24.7 Å². The molecule has 148 valence electrons. The van der Waals surface area contributed by atoms with Crippen LogP contribution in [0.15, 0.2) is 67.4 Å². The maximum Gasteiger partial charge on any atom is 0.274 e. The lowest BCUT2D eigenvalue weighted by atomic mass is 10.1. The van der Waals surface area contributed by atoms with E-state index in [4.69, 9.17) is 0 Å². The molecule has 8 heteroatoms. The van der Waals surface area contributed by atoms with Crippen molar-refractivity contribution >= 4 is 11.6 Å². The van der Waals surface area contributed by atoms with E-state index in [9.17, 15) is 9.18 Å². The van der Waals surface area contributed by atoms with Gasteiger partial charge in [-0.1, -0.05) is 12.1 Å². The molecule has 7 nitrogen and oxygen atoms in total. The molecular weight excluding hydrogens is 383 g/mol. The lowest BCUT2D eigenvalue weighted by Crippen LogP contribution is -2.13. The molecule has 1 saturated carbocycles. The van der Waals surface area contributed by atoms with Gasteiger partial charge in [-0.25, -0.2) is 14.1 Å². The quantitative estimate of drug-likeness (QED) is 0.544. The van der Waals surface area contributed by atoms with E-state index in [1.54, 1.807) is 30.7 Å². The Balaban J connectivity index is 1.38. The van der Waals surface area contributed by atoms with E-state index in [0.717, 1.165) is 30.4 Å². The van der Waals surface area contributed by atoms with Crippen LogP contribution < -0.4 is 5.32 Å². The summed E-state index contributed by atoms with van der Waals surface area (Å²) in [5.41, 5.74) is 2.97. The van der Waals surface area contributed by atoms with Gasteiger partial charge in [0.2, 0.25) is 0 Å². The fourth-order valence-corrected chi connectivity index (χ4v) is 3.28. The largest absolute Gasteiger partial charge is 0.321 e. The molecule has 0 unspecified atom stereocenters. The molecule has 1 amide bonds. The number of halogens is 1. The third-order valence-electron chi connectivity index (χ3n) is 4.88. The molecule has 0 radical (unpaired) electrons. The summed E-state index contributed by atoms with van der Waals surface area (Å²) in [6, 6.07) is 12.6. The lowest BCUT2D eigenvalue weighted by Gasteiger charge is -2.09. The fourth-order valence-electron chi connectivity index (χ4n) is 3.28. The van der Waals surface area contributed by atoms with E-state index in [2.05, 4.69) is 25.4 Å². The number of carbonyl (C=O) groups excluding carboxylic acids is 1. The van der Waals surface area contributed by atoms with Gasteiger partial charge in [-0.05, 0) is 48.7 Å². The van der Waals surface area contributed by atoms with Crippen LogP contribution in [0.25, 0.3) is 22.5 Å². The highest BCUT2D eigenvalue weighted by Crippen LogP contribution is 2.37. The Kier molecular flexibility index (Phi) is 4.51. The molecule has 0 spiro atoms. The van der Waals surface area contributed by atoms with Crippen LogP contribution in [0.5, 0.6) is 0 Å². The molecule has 1 aliphatic rings. The SMILES string of the molecule is O=C(Nc1cccc(-c2ncnn2C2CC2)c1)c1cc(-c2cncc(F)c2)ccn1. The van der Waals surface area contributed by atoms with Crippen molar-refractivity contribution in [3.05, 3.63) is 78.9 Å². The van der Waals surface area contributed by atoms with Crippen molar-refractivity contribution in [1.29, 1.82) is 0 Å². The summed E-state index contributed by atoms with van der Waals surface area (Å²) in [6.07, 6.45) is 7.96. The van der Waals surface area contributed by atoms with Crippen LogP contribution in [0.4, 0.5) is 10.1 Å². The monoisotopic (exact) mass is 400 g/mol. The predicted molar refractivity (Wildman–Crippen MR) is 109 cm³/mol. The highest BCUT2D eigenvalue weighted by atomic mass is 19.1. The van der Waals surface area contributed by atoms with Gasteiger partial charge in [0.05, 0.1) is 12.2 Å². The summed E-state index contributed by atoms with van der Waals surface area (Å²) < 4.78 is 15.4. The second-order valence-electron chi connectivity index (χ2n) is 7.12. The topological polar surface area (TPSA) is 85.6 Å². The number of anilines is 1. The van der Waals surface area contributed by atoms with Crippen LogP contribution in [0, 0.1) is 5.82 Å². The number of pyridine rings is 2. The van der Waals surface area contributed by atoms with Crippen molar-refractivity contribution in [2.75, 3.05) is 5.32 Å². The number of carbonyl (C=O) groups is 1. The number of nitrogens with one attached hydrogen (secondary N) is 1. The summed E-state index contributed by atoms with van der Waals surface area (Å²) in [4.78, 5) is 25.1. The minimum atomic E-state index is -0.439. The molecule has 1 N–H and O–H groups in total. The summed E-state index contributed by atoms with van der Waals surface area (Å²) in [6.45, 7) is 0. The Morgan fingerprint density at radius 1 is 1.03 bits per heavy atom. The van der Waals surface area contributed by atoms with E-state index in [0.29, 0.717) is 22.9 Å². The molecule has 0 saturated heterocycles. The first-order valence-electron chi connectivity index (χ1n) is 9.56. The second kappa shape index (κ2) is 7.47. The molecule has 30 heavy (non-hydrogen) atoms. The van der Waals surface area contributed by atoms with Gasteiger partial charge < -0.3 is 5.32 Å². The van der Waals surface area contributed by atoms with E-state index < -0.39 is 5.82 Å². The Hall–Kier alpha value is -3.94. The summed E-state index contributed by atoms with van der Waals surface area (Å²) in [5.74, 6) is -0.0134. The van der Waals surface area contributed by atoms with Crippen LogP contribution in [0.3, 0.4) is 0 Å². The van der Waals surface area contributed by atoms with Crippen LogP contribution in [-0.4, -0.2) is 30.6 Å². The van der Waals surface area contributed by atoms with Gasteiger partial charge in [0.15, 0.2) is 5.82 Å². The summed E-state index contributed by atoms with van der Waals surface area (Å²) in [7, 11) is 0. The number of aromatic nitrogens is 5. The third kappa shape index (κ3) is 3.67. The molecule has 0 atom stereocenters. The number of hydrogen-bond acceptors (Lipinski definition) is 5. The first-order valence-corrected chi connectivity index (χ1v) is 9.56. The van der Waals surface area contributed by atoms with Gasteiger partial charge >= 0.3 is 0 Å². The predicted octanol–water partition coefficient (Wildman–Crippen LogP) is 4.13. The number of rotatable bonds is 5. The van der Waals surface area contributed by atoms with Crippen molar-refractivity contribution in [3.63, 3.8) is 0 Å². The number of hydrogen-bond donors (Lipinski definition) is 1. The Labute approximate surface area is 171 Å². The van der Waals surface area contributed by atoms with Gasteiger partial charge in [-0.15, -0.1) is 0 Å². The average molecular weight is 400 g/mol. The van der Waals surface area contributed by atoms with Gasteiger partial charge in [0, 0.05) is 29.2 Å². The Morgan fingerprint density at radius 2 is 1.93 bits per heavy atom. The third-order valence-corrected chi connectivity index (χ3v) is 4.88. The van der Waals surface area contributed by atoms with Crippen LogP contribution in [0.2, 0.25) is 0 Å². The molecule has 3 heterocycles. The van der Waals surface area contributed by atoms with Gasteiger partial charge in [0.25, 0.3) is 5.91 Å². The number of amides is 1. The number of benzene rings is 1. The molecule has 4 aromatic rings. The molecule has 1 fully saturated rings. The van der Waals surface area contributed by atoms with Crippen molar-refractivity contribution in [2.45, 2.75) is 18.9 Å². The second-order valence-corrected chi connectivity index (χ2v) is 7.12. The minimum Gasteiger partial charge on any atom is -0.321 e. The molecule has 1 aliphatic carbocycles. The molecule has 3 aromatic heterocycles. The maximum absolute atomic E-state index is 13.5. The minimum absolute atomic E-state index is 0.225. The van der Waals surface area contributed by atoms with E-state index in [-0.39, 0.29) is 11.6 Å². The van der Waals surface area contributed by atoms with Crippen LogP contribution >= 0.6 is 0 Å². The number of nitrogens with zero attached hydrogens (tertiary/aromatic N) is 5. The first-order chi connectivity index (χ1) is 14.7. The van der Waals surface area contributed by atoms with E-state index in [1.807, 2.05) is 22.9 Å². The lowest BCUT2D eigenvalue weighted by molar-refractivity contribution is 0.102. The molecule has 0 bridgehead atoms. The zero-order chi connectivity index (χ0) is 20.5. The van der Waals surface area contributed by atoms with E-state index >= 15 is 0 Å². The Morgan fingerprint density at radius 3 is 2.77 bits per heavy atom. The van der Waals surface area contributed by atoms with Gasteiger partial charge in [-0.3, -0.25) is 14.8 Å². The van der Waals surface area contributed by atoms with Gasteiger partial charge in [-0.2, -0.15) is 5.10 Å². The Bertz CT molecular complexity index is 1230. The smallest absolute Gasteiger partial charge is 0.274 e. The summed E-state index contributed by atoms with van der Waals surface area (Å²) in [5, 5.41) is 7.18. The molecule has 0 aliphatic heterocycles. The van der Waals surface area contributed by atoms with Crippen molar-refractivity contribution < 1.29 is 9.18 Å². The van der Waals surface area contributed by atoms with Gasteiger partial charge in [0.1, 0.15) is 17.8 Å². The zero-order valence-electron chi connectivity index (χ0n) is 15.9. The normalized spacial score (nSPS) is 13.2. The van der Waals surface area contributed by atoms with Crippen LogP contribution in [0.1, 0.15) is 29.4 Å². The fraction of sp³-hybridized carbons (Fsp3) is 0.136. The molecule has 1 aromatic carbocycles.